The van der Waals surface area contributed by atoms with Gasteiger partial charge in [0.2, 0.25) is 0 Å². The molecule has 0 radical (unpaired) electrons. The smallest absolute Gasteiger partial charge is 0.294 e. The zero-order chi connectivity index (χ0) is 19.9. The van der Waals surface area contributed by atoms with Crippen LogP contribution in [0.4, 0.5) is 4.79 Å². The molecule has 1 saturated heterocycles. The summed E-state index contributed by atoms with van der Waals surface area (Å²) in [6, 6.07) is 1.19. The van der Waals surface area contributed by atoms with Crippen LogP contribution in [0, 0.1) is 20.8 Å². The fourth-order valence-corrected chi connectivity index (χ4v) is 4.49. The van der Waals surface area contributed by atoms with Gasteiger partial charge in [-0.2, -0.15) is 0 Å². The van der Waals surface area contributed by atoms with E-state index < -0.39 is 17.8 Å². The average Bonchev–Trinajstić information content (AvgIpc) is 2.81. The van der Waals surface area contributed by atoms with Gasteiger partial charge in [-0.25, -0.2) is 4.79 Å². The normalized spacial score (nSPS) is 18.6. The quantitative estimate of drug-likeness (QED) is 0.462. The summed E-state index contributed by atoms with van der Waals surface area (Å²) in [6.45, 7) is 7.13. The molecule has 4 amide bonds. The van der Waals surface area contributed by atoms with Crippen LogP contribution in [-0.2, 0) is 16.1 Å². The number of benzene rings is 1. The number of Topliss-reactive ketones (excluding diaryl/α,β-unsaturated/α-hetero) is 1. The van der Waals surface area contributed by atoms with Gasteiger partial charge in [0.15, 0.2) is 5.78 Å². The van der Waals surface area contributed by atoms with Gasteiger partial charge in [-0.3, -0.25) is 24.2 Å². The molecule has 1 aliphatic heterocycles. The number of urea groups is 1. The van der Waals surface area contributed by atoms with E-state index in [4.69, 9.17) is 0 Å². The molecule has 144 valence electrons. The first-order chi connectivity index (χ1) is 12.7. The SMILES string of the molecule is CC(=O)c1c(C)cc(C)c(CN2C(=O)C(=O)N(C3CCCCC3)C2=O)c1C. The number of imide groups is 2. The number of nitrogens with zero attached hydrogens (tertiary/aromatic N) is 2. The van der Waals surface area contributed by atoms with Crippen molar-refractivity contribution >= 4 is 23.6 Å². The van der Waals surface area contributed by atoms with Crippen molar-refractivity contribution in [3.05, 3.63) is 33.9 Å². The monoisotopic (exact) mass is 370 g/mol. The van der Waals surface area contributed by atoms with Crippen LogP contribution in [0.1, 0.15) is 71.6 Å². The molecule has 0 bridgehead atoms. The van der Waals surface area contributed by atoms with Gasteiger partial charge in [0.1, 0.15) is 0 Å². The van der Waals surface area contributed by atoms with E-state index in [0.717, 1.165) is 64.2 Å². The van der Waals surface area contributed by atoms with Crippen LogP contribution in [0.25, 0.3) is 0 Å². The Labute approximate surface area is 159 Å². The fourth-order valence-electron chi connectivity index (χ4n) is 4.49. The van der Waals surface area contributed by atoms with E-state index in [0.29, 0.717) is 5.56 Å². The Bertz CT molecular complexity index is 837. The minimum absolute atomic E-state index is 0.0187. The minimum Gasteiger partial charge on any atom is -0.294 e. The molecule has 6 nitrogen and oxygen atoms in total. The third kappa shape index (κ3) is 3.29. The zero-order valence-electron chi connectivity index (χ0n) is 16.4. The van der Waals surface area contributed by atoms with Crippen LogP contribution in [-0.4, -0.2) is 39.5 Å². The maximum atomic E-state index is 12.9. The highest BCUT2D eigenvalue weighted by Crippen LogP contribution is 2.30. The molecule has 1 aromatic rings. The summed E-state index contributed by atoms with van der Waals surface area (Å²) in [4.78, 5) is 52.1. The molecule has 0 spiro atoms. The van der Waals surface area contributed by atoms with E-state index in [1.807, 2.05) is 26.8 Å². The lowest BCUT2D eigenvalue weighted by molar-refractivity contribution is -0.144. The molecule has 1 aliphatic carbocycles. The van der Waals surface area contributed by atoms with Crippen molar-refractivity contribution in [3.63, 3.8) is 0 Å². The lowest BCUT2D eigenvalue weighted by atomic mass is 9.91. The number of aryl methyl sites for hydroxylation is 2. The van der Waals surface area contributed by atoms with Gasteiger partial charge in [-0.05, 0) is 62.8 Å². The second-order valence-electron chi connectivity index (χ2n) is 7.69. The van der Waals surface area contributed by atoms with E-state index in [2.05, 4.69) is 0 Å². The van der Waals surface area contributed by atoms with E-state index in [-0.39, 0.29) is 18.4 Å². The van der Waals surface area contributed by atoms with Crippen molar-refractivity contribution in [2.45, 2.75) is 72.4 Å². The molecular weight excluding hydrogens is 344 g/mol. The summed E-state index contributed by atoms with van der Waals surface area (Å²) >= 11 is 0. The Hall–Kier alpha value is -2.50. The lowest BCUT2D eigenvalue weighted by Gasteiger charge is -2.28. The Morgan fingerprint density at radius 3 is 2.22 bits per heavy atom. The van der Waals surface area contributed by atoms with Crippen molar-refractivity contribution in [2.24, 2.45) is 0 Å². The van der Waals surface area contributed by atoms with Crippen molar-refractivity contribution < 1.29 is 19.2 Å². The number of rotatable bonds is 4. The molecule has 1 aromatic carbocycles. The van der Waals surface area contributed by atoms with Crippen molar-refractivity contribution in [1.82, 2.24) is 9.80 Å². The average molecular weight is 370 g/mol. The van der Waals surface area contributed by atoms with Gasteiger partial charge < -0.3 is 0 Å². The second-order valence-corrected chi connectivity index (χ2v) is 7.69. The van der Waals surface area contributed by atoms with Gasteiger partial charge in [0.05, 0.1) is 6.54 Å². The molecule has 6 heteroatoms. The summed E-state index contributed by atoms with van der Waals surface area (Å²) in [5, 5.41) is 0. The minimum atomic E-state index is -0.769. The van der Waals surface area contributed by atoms with Gasteiger partial charge in [-0.15, -0.1) is 0 Å². The number of carbonyl (C=O) groups is 4. The van der Waals surface area contributed by atoms with Crippen LogP contribution in [0.3, 0.4) is 0 Å². The number of carbonyl (C=O) groups excluding carboxylic acids is 4. The van der Waals surface area contributed by atoms with E-state index in [1.54, 1.807) is 0 Å². The van der Waals surface area contributed by atoms with Gasteiger partial charge >= 0.3 is 17.8 Å². The zero-order valence-corrected chi connectivity index (χ0v) is 16.4. The molecule has 1 heterocycles. The second kappa shape index (κ2) is 7.25. The first-order valence-corrected chi connectivity index (χ1v) is 9.53. The number of hydrogen-bond acceptors (Lipinski definition) is 4. The van der Waals surface area contributed by atoms with Gasteiger partial charge in [-0.1, -0.05) is 25.3 Å². The number of ketones is 1. The molecule has 27 heavy (non-hydrogen) atoms. The third-order valence-corrected chi connectivity index (χ3v) is 5.82. The molecule has 3 rings (SSSR count). The summed E-state index contributed by atoms with van der Waals surface area (Å²) in [6.07, 6.45) is 4.55. The first kappa shape index (κ1) is 19.3. The van der Waals surface area contributed by atoms with Crippen molar-refractivity contribution in [1.29, 1.82) is 0 Å². The van der Waals surface area contributed by atoms with Crippen molar-refractivity contribution in [2.75, 3.05) is 0 Å². The van der Waals surface area contributed by atoms with E-state index >= 15 is 0 Å². The highest BCUT2D eigenvalue weighted by Gasteiger charge is 2.47. The summed E-state index contributed by atoms with van der Waals surface area (Å²) in [5.41, 5.74) is 3.92. The van der Waals surface area contributed by atoms with Gasteiger partial charge in [0.25, 0.3) is 0 Å². The summed E-state index contributed by atoms with van der Waals surface area (Å²) in [5.74, 6) is -1.54. The molecule has 2 aliphatic rings. The molecular formula is C21H26N2O4. The third-order valence-electron chi connectivity index (χ3n) is 5.82. The molecule has 1 saturated carbocycles. The molecule has 0 aromatic heterocycles. The highest BCUT2D eigenvalue weighted by molar-refractivity contribution is 6.44. The largest absolute Gasteiger partial charge is 0.334 e. The standard InChI is InChI=1S/C21H26N2O4/c1-12-10-13(2)18(15(4)24)14(3)17(12)11-22-19(25)20(26)23(21(22)27)16-8-6-5-7-9-16/h10,16H,5-9,11H2,1-4H3. The van der Waals surface area contributed by atoms with Crippen LogP contribution in [0.15, 0.2) is 6.07 Å². The predicted molar refractivity (Wildman–Crippen MR) is 100 cm³/mol. The van der Waals surface area contributed by atoms with Crippen LogP contribution in [0.2, 0.25) is 0 Å². The molecule has 0 unspecified atom stereocenters. The van der Waals surface area contributed by atoms with E-state index in [1.165, 1.54) is 6.92 Å². The van der Waals surface area contributed by atoms with E-state index in [9.17, 15) is 19.2 Å². The fraction of sp³-hybridized carbons (Fsp3) is 0.524. The van der Waals surface area contributed by atoms with Crippen LogP contribution in [0.5, 0.6) is 0 Å². The molecule has 2 fully saturated rings. The Kier molecular flexibility index (Phi) is 5.18. The van der Waals surface area contributed by atoms with Gasteiger partial charge in [0, 0.05) is 11.6 Å². The Balaban J connectivity index is 1.93. The number of amides is 4. The maximum absolute atomic E-state index is 12.9. The Morgan fingerprint density at radius 2 is 1.63 bits per heavy atom. The summed E-state index contributed by atoms with van der Waals surface area (Å²) < 4.78 is 0. The number of hydrogen-bond donors (Lipinski definition) is 0. The Morgan fingerprint density at radius 1 is 1.00 bits per heavy atom. The van der Waals surface area contributed by atoms with Crippen molar-refractivity contribution in [3.8, 4) is 0 Å². The van der Waals surface area contributed by atoms with Crippen LogP contribution >= 0.6 is 0 Å². The molecule has 0 atom stereocenters. The predicted octanol–water partition coefficient (Wildman–Crippen LogP) is 3.44. The summed E-state index contributed by atoms with van der Waals surface area (Å²) in [7, 11) is 0. The van der Waals surface area contributed by atoms with Crippen LogP contribution < -0.4 is 0 Å². The highest BCUT2D eigenvalue weighted by atomic mass is 16.2. The lowest BCUT2D eigenvalue weighted by Crippen LogP contribution is -2.42. The topological polar surface area (TPSA) is 74.8 Å². The molecule has 0 N–H and O–H groups in total. The maximum Gasteiger partial charge on any atom is 0.334 e. The first-order valence-electron chi connectivity index (χ1n) is 9.53.